The molecule has 4 heteroatoms. The number of fused-ring (bicyclic) bond motifs is 1. The van der Waals surface area contributed by atoms with Crippen molar-refractivity contribution >= 4 is 28.2 Å². The van der Waals surface area contributed by atoms with E-state index in [1.165, 1.54) is 5.69 Å². The molecule has 0 amide bonds. The molecule has 2 aromatic rings. The van der Waals surface area contributed by atoms with Gasteiger partial charge in [-0.3, -0.25) is 4.98 Å². The lowest BCUT2D eigenvalue weighted by molar-refractivity contribution is -0.00513. The minimum absolute atomic E-state index is 0.249. The summed E-state index contributed by atoms with van der Waals surface area (Å²) in [5, 5.41) is 1.87. The van der Waals surface area contributed by atoms with Crippen molar-refractivity contribution in [1.82, 2.24) is 4.98 Å². The molecule has 100 valence electrons. The molecular formula is C15H17ClN2O. The molecule has 2 heterocycles. The lowest BCUT2D eigenvalue weighted by atomic mass is 10.1. The number of morpholine rings is 1. The zero-order chi connectivity index (χ0) is 13.4. The smallest absolute Gasteiger partial charge is 0.0737 e. The Morgan fingerprint density at radius 2 is 1.95 bits per heavy atom. The highest BCUT2D eigenvalue weighted by atomic mass is 35.5. The molecule has 0 N–H and O–H groups in total. The summed E-state index contributed by atoms with van der Waals surface area (Å²) < 4.78 is 5.79. The maximum atomic E-state index is 6.03. The van der Waals surface area contributed by atoms with Crippen LogP contribution < -0.4 is 4.90 Å². The second-order valence-corrected chi connectivity index (χ2v) is 5.59. The van der Waals surface area contributed by atoms with E-state index >= 15 is 0 Å². The summed E-state index contributed by atoms with van der Waals surface area (Å²) in [6.07, 6.45) is 2.34. The van der Waals surface area contributed by atoms with Crippen molar-refractivity contribution in [3.63, 3.8) is 0 Å². The molecule has 1 aromatic carbocycles. The minimum atomic E-state index is 0.249. The molecule has 1 fully saturated rings. The Morgan fingerprint density at radius 1 is 1.21 bits per heavy atom. The fraction of sp³-hybridized carbons (Fsp3) is 0.400. The van der Waals surface area contributed by atoms with Gasteiger partial charge in [0.2, 0.25) is 0 Å². The van der Waals surface area contributed by atoms with Crippen LogP contribution in [0.1, 0.15) is 13.8 Å². The Morgan fingerprint density at radius 3 is 2.68 bits per heavy atom. The average molecular weight is 277 g/mol. The first-order valence-corrected chi connectivity index (χ1v) is 6.96. The molecule has 0 bridgehead atoms. The van der Waals surface area contributed by atoms with Crippen LogP contribution in [0.25, 0.3) is 10.9 Å². The summed E-state index contributed by atoms with van der Waals surface area (Å²) in [6.45, 7) is 6.05. The van der Waals surface area contributed by atoms with Crippen LogP contribution >= 0.6 is 11.6 Å². The van der Waals surface area contributed by atoms with Gasteiger partial charge in [-0.15, -0.1) is 0 Å². The summed E-state index contributed by atoms with van der Waals surface area (Å²) in [6, 6.07) is 7.95. The van der Waals surface area contributed by atoms with Gasteiger partial charge in [-0.05, 0) is 38.1 Å². The summed E-state index contributed by atoms with van der Waals surface area (Å²) in [7, 11) is 0. The second kappa shape index (κ2) is 4.99. The van der Waals surface area contributed by atoms with Gasteiger partial charge < -0.3 is 9.64 Å². The molecule has 1 aromatic heterocycles. The molecule has 0 unspecified atom stereocenters. The van der Waals surface area contributed by atoms with Gasteiger partial charge in [0.15, 0.2) is 0 Å². The van der Waals surface area contributed by atoms with Crippen molar-refractivity contribution in [2.45, 2.75) is 26.1 Å². The molecule has 1 saturated heterocycles. The standard InChI is InChI=1S/C15H17ClN2O/c1-10-8-18(9-11(2)19-10)15-5-6-17-14-7-12(16)3-4-13(14)15/h3-7,10-11H,8-9H2,1-2H3/t10-,11+. The van der Waals surface area contributed by atoms with Gasteiger partial charge in [0, 0.05) is 35.4 Å². The summed E-state index contributed by atoms with van der Waals surface area (Å²) in [5.74, 6) is 0. The molecule has 0 aliphatic carbocycles. The molecule has 0 spiro atoms. The van der Waals surface area contributed by atoms with E-state index in [1.807, 2.05) is 24.4 Å². The number of rotatable bonds is 1. The number of halogens is 1. The molecular weight excluding hydrogens is 260 g/mol. The lowest BCUT2D eigenvalue weighted by Gasteiger charge is -2.37. The van der Waals surface area contributed by atoms with E-state index in [0.29, 0.717) is 0 Å². The highest BCUT2D eigenvalue weighted by molar-refractivity contribution is 6.31. The Balaban J connectivity index is 2.04. The fourth-order valence-corrected chi connectivity index (χ4v) is 2.92. The highest BCUT2D eigenvalue weighted by Crippen LogP contribution is 2.29. The number of hydrogen-bond acceptors (Lipinski definition) is 3. The van der Waals surface area contributed by atoms with Crippen molar-refractivity contribution in [1.29, 1.82) is 0 Å². The van der Waals surface area contributed by atoms with Crippen LogP contribution in [-0.2, 0) is 4.74 Å². The van der Waals surface area contributed by atoms with Crippen molar-refractivity contribution in [2.24, 2.45) is 0 Å². The van der Waals surface area contributed by atoms with Gasteiger partial charge in [-0.1, -0.05) is 11.6 Å². The van der Waals surface area contributed by atoms with E-state index < -0.39 is 0 Å². The molecule has 3 rings (SSSR count). The average Bonchev–Trinajstić information content (AvgIpc) is 2.36. The third kappa shape index (κ3) is 2.53. The molecule has 3 nitrogen and oxygen atoms in total. The second-order valence-electron chi connectivity index (χ2n) is 5.15. The minimum Gasteiger partial charge on any atom is -0.372 e. The van der Waals surface area contributed by atoms with Gasteiger partial charge in [-0.25, -0.2) is 0 Å². The van der Waals surface area contributed by atoms with Crippen molar-refractivity contribution < 1.29 is 4.74 Å². The Bertz CT molecular complexity index is 592. The number of benzene rings is 1. The number of anilines is 1. The normalized spacial score (nSPS) is 23.8. The highest BCUT2D eigenvalue weighted by Gasteiger charge is 2.23. The van der Waals surface area contributed by atoms with Gasteiger partial charge >= 0.3 is 0 Å². The SMILES string of the molecule is C[C@@H]1CN(c2ccnc3cc(Cl)ccc23)C[C@H](C)O1. The zero-order valence-electron chi connectivity index (χ0n) is 11.1. The van der Waals surface area contributed by atoms with Crippen LogP contribution in [-0.4, -0.2) is 30.3 Å². The number of ether oxygens (including phenoxy) is 1. The van der Waals surface area contributed by atoms with Crippen LogP contribution in [0, 0.1) is 0 Å². The van der Waals surface area contributed by atoms with E-state index in [1.54, 1.807) is 0 Å². The van der Waals surface area contributed by atoms with E-state index in [-0.39, 0.29) is 12.2 Å². The Hall–Kier alpha value is -1.32. The zero-order valence-corrected chi connectivity index (χ0v) is 11.9. The number of hydrogen-bond donors (Lipinski definition) is 0. The maximum Gasteiger partial charge on any atom is 0.0737 e. The molecule has 19 heavy (non-hydrogen) atoms. The van der Waals surface area contributed by atoms with Crippen LogP contribution in [0.5, 0.6) is 0 Å². The van der Waals surface area contributed by atoms with Crippen molar-refractivity contribution in [2.75, 3.05) is 18.0 Å². The predicted octanol–water partition coefficient (Wildman–Crippen LogP) is 3.50. The maximum absolute atomic E-state index is 6.03. The van der Waals surface area contributed by atoms with Crippen LogP contribution in [0.15, 0.2) is 30.5 Å². The summed E-state index contributed by atoms with van der Waals surface area (Å²) in [4.78, 5) is 6.77. The molecule has 2 atom stereocenters. The van der Waals surface area contributed by atoms with E-state index in [4.69, 9.17) is 16.3 Å². The first kappa shape index (κ1) is 12.7. The van der Waals surface area contributed by atoms with Gasteiger partial charge in [0.1, 0.15) is 0 Å². The quantitative estimate of drug-likeness (QED) is 0.797. The monoisotopic (exact) mass is 276 g/mol. The molecule has 1 aliphatic rings. The summed E-state index contributed by atoms with van der Waals surface area (Å²) >= 11 is 6.03. The lowest BCUT2D eigenvalue weighted by Crippen LogP contribution is -2.45. The summed E-state index contributed by atoms with van der Waals surface area (Å²) in [5.41, 5.74) is 2.15. The van der Waals surface area contributed by atoms with Crippen molar-refractivity contribution in [3.05, 3.63) is 35.5 Å². The fourth-order valence-electron chi connectivity index (χ4n) is 2.76. The van der Waals surface area contributed by atoms with Crippen LogP contribution in [0.4, 0.5) is 5.69 Å². The van der Waals surface area contributed by atoms with Crippen molar-refractivity contribution in [3.8, 4) is 0 Å². The third-order valence-corrected chi connectivity index (χ3v) is 3.68. The molecule has 1 aliphatic heterocycles. The Labute approximate surface area is 118 Å². The topological polar surface area (TPSA) is 25.4 Å². The van der Waals surface area contributed by atoms with Crippen LogP contribution in [0.3, 0.4) is 0 Å². The van der Waals surface area contributed by atoms with Crippen LogP contribution in [0.2, 0.25) is 5.02 Å². The molecule has 0 radical (unpaired) electrons. The van der Waals surface area contributed by atoms with Gasteiger partial charge in [0.05, 0.1) is 17.7 Å². The number of pyridine rings is 1. The van der Waals surface area contributed by atoms with E-state index in [0.717, 1.165) is 29.0 Å². The van der Waals surface area contributed by atoms with E-state index in [2.05, 4.69) is 29.8 Å². The molecule has 0 saturated carbocycles. The largest absolute Gasteiger partial charge is 0.372 e. The first-order valence-electron chi connectivity index (χ1n) is 6.58. The van der Waals surface area contributed by atoms with Gasteiger partial charge in [-0.2, -0.15) is 0 Å². The first-order chi connectivity index (χ1) is 9.13. The number of aromatic nitrogens is 1. The van der Waals surface area contributed by atoms with E-state index in [9.17, 15) is 0 Å². The Kier molecular flexibility index (Phi) is 3.33. The van der Waals surface area contributed by atoms with Gasteiger partial charge in [0.25, 0.3) is 0 Å². The predicted molar refractivity (Wildman–Crippen MR) is 79.0 cm³/mol. The number of nitrogens with zero attached hydrogens (tertiary/aromatic N) is 2. The third-order valence-electron chi connectivity index (χ3n) is 3.44.